The van der Waals surface area contributed by atoms with Crippen LogP contribution in [-0.4, -0.2) is 59.0 Å². The van der Waals surface area contributed by atoms with Crippen molar-refractivity contribution in [3.8, 4) is 0 Å². The molecule has 5 heterocycles. The van der Waals surface area contributed by atoms with E-state index >= 15 is 0 Å². The zero-order valence-electron chi connectivity index (χ0n) is 19.1. The molecule has 2 aliphatic rings. The van der Waals surface area contributed by atoms with Crippen LogP contribution in [-0.2, 0) is 7.05 Å². The van der Waals surface area contributed by atoms with E-state index in [2.05, 4.69) is 64.3 Å². The summed E-state index contributed by atoms with van der Waals surface area (Å²) in [5.41, 5.74) is 7.14. The highest BCUT2D eigenvalue weighted by Crippen LogP contribution is 2.37. The predicted octanol–water partition coefficient (Wildman–Crippen LogP) is 3.02. The molecule has 7 nitrogen and oxygen atoms in total. The van der Waals surface area contributed by atoms with Crippen LogP contribution in [0.2, 0.25) is 0 Å². The Kier molecular flexibility index (Phi) is 5.30. The first kappa shape index (κ1) is 20.2. The number of aromatic nitrogens is 4. The van der Waals surface area contributed by atoms with Crippen molar-refractivity contribution in [1.29, 1.82) is 0 Å². The average molecular weight is 420 g/mol. The van der Waals surface area contributed by atoms with Crippen LogP contribution in [0.15, 0.2) is 24.5 Å². The molecule has 3 aromatic rings. The summed E-state index contributed by atoms with van der Waals surface area (Å²) in [5, 5.41) is 9.01. The molecule has 2 aliphatic heterocycles. The molecule has 31 heavy (non-hydrogen) atoms. The zero-order valence-corrected chi connectivity index (χ0v) is 19.1. The van der Waals surface area contributed by atoms with Crippen molar-refractivity contribution < 1.29 is 0 Å². The number of nitrogens with zero attached hydrogens (tertiary/aromatic N) is 6. The second-order valence-corrected chi connectivity index (χ2v) is 9.24. The van der Waals surface area contributed by atoms with Crippen molar-refractivity contribution in [2.24, 2.45) is 13.0 Å². The van der Waals surface area contributed by atoms with Gasteiger partial charge in [0.1, 0.15) is 0 Å². The van der Waals surface area contributed by atoms with Gasteiger partial charge >= 0.3 is 0 Å². The van der Waals surface area contributed by atoms with Gasteiger partial charge in [0.2, 0.25) is 0 Å². The smallest absolute Gasteiger partial charge is 0.159 e. The maximum Gasteiger partial charge on any atom is 0.159 e. The van der Waals surface area contributed by atoms with E-state index in [1.807, 2.05) is 17.9 Å². The van der Waals surface area contributed by atoms with E-state index in [1.54, 1.807) is 0 Å². The Balaban J connectivity index is 1.36. The van der Waals surface area contributed by atoms with Gasteiger partial charge in [0, 0.05) is 63.6 Å². The average Bonchev–Trinajstić information content (AvgIpc) is 3.14. The third kappa shape index (κ3) is 3.76. The molecule has 0 amide bonds. The second kappa shape index (κ2) is 8.11. The lowest BCUT2D eigenvalue weighted by molar-refractivity contribution is 0.376. The van der Waals surface area contributed by atoms with Gasteiger partial charge in [-0.25, -0.2) is 4.98 Å². The molecule has 0 bridgehead atoms. The molecule has 5 rings (SSSR count). The Morgan fingerprint density at radius 2 is 1.84 bits per heavy atom. The Bertz CT molecular complexity index is 1080. The van der Waals surface area contributed by atoms with Gasteiger partial charge in [-0.05, 0) is 43.9 Å². The van der Waals surface area contributed by atoms with Gasteiger partial charge in [-0.15, -0.1) is 0 Å². The number of piperidine rings is 1. The molecule has 0 saturated carbocycles. The van der Waals surface area contributed by atoms with Crippen molar-refractivity contribution in [3.63, 3.8) is 0 Å². The maximum atomic E-state index is 4.99. The van der Waals surface area contributed by atoms with Gasteiger partial charge in [0.15, 0.2) is 5.65 Å². The molecular weight excluding hydrogens is 386 g/mol. The molecule has 164 valence electrons. The SMILES string of the molecule is Cc1cc(N2CC[C@@H](c3ncc(N4CCNCC4)cc3C)[C@H](C)C2)c2cnn(C)c2n1. The van der Waals surface area contributed by atoms with E-state index in [4.69, 9.17) is 4.98 Å². The maximum absolute atomic E-state index is 4.99. The first-order valence-corrected chi connectivity index (χ1v) is 11.5. The van der Waals surface area contributed by atoms with Crippen molar-refractivity contribution in [2.75, 3.05) is 49.1 Å². The van der Waals surface area contributed by atoms with Crippen molar-refractivity contribution in [3.05, 3.63) is 41.5 Å². The Morgan fingerprint density at radius 3 is 2.58 bits per heavy atom. The molecular formula is C24H33N7. The minimum absolute atomic E-state index is 0.501. The largest absolute Gasteiger partial charge is 0.371 e. The molecule has 1 N–H and O–H groups in total. The number of hydrogen-bond donors (Lipinski definition) is 1. The summed E-state index contributed by atoms with van der Waals surface area (Å²) in [7, 11) is 1.96. The van der Waals surface area contributed by atoms with E-state index in [1.165, 1.54) is 22.6 Å². The van der Waals surface area contributed by atoms with Gasteiger partial charge in [0.05, 0.1) is 29.2 Å². The van der Waals surface area contributed by atoms with E-state index in [-0.39, 0.29) is 0 Å². The highest BCUT2D eigenvalue weighted by molar-refractivity contribution is 5.89. The van der Waals surface area contributed by atoms with Crippen molar-refractivity contribution in [2.45, 2.75) is 33.1 Å². The lowest BCUT2D eigenvalue weighted by Gasteiger charge is -2.39. The lowest BCUT2D eigenvalue weighted by atomic mass is 9.82. The number of hydrogen-bond acceptors (Lipinski definition) is 6. The van der Waals surface area contributed by atoms with Crippen LogP contribution in [0.25, 0.3) is 11.0 Å². The Hall–Kier alpha value is -2.67. The number of fused-ring (bicyclic) bond motifs is 1. The van der Waals surface area contributed by atoms with Gasteiger partial charge in [0.25, 0.3) is 0 Å². The minimum atomic E-state index is 0.501. The quantitative estimate of drug-likeness (QED) is 0.704. The highest BCUT2D eigenvalue weighted by atomic mass is 15.3. The Morgan fingerprint density at radius 1 is 1.03 bits per heavy atom. The van der Waals surface area contributed by atoms with Gasteiger partial charge in [-0.2, -0.15) is 5.10 Å². The van der Waals surface area contributed by atoms with E-state index in [0.717, 1.165) is 62.4 Å². The van der Waals surface area contributed by atoms with Crippen LogP contribution < -0.4 is 15.1 Å². The zero-order chi connectivity index (χ0) is 21.5. The highest BCUT2D eigenvalue weighted by Gasteiger charge is 2.30. The molecule has 3 aromatic heterocycles. The number of rotatable bonds is 3. The number of nitrogens with one attached hydrogen (secondary N) is 1. The molecule has 2 atom stereocenters. The topological polar surface area (TPSA) is 62.1 Å². The first-order chi connectivity index (χ1) is 15.0. The van der Waals surface area contributed by atoms with Crippen LogP contribution in [0.4, 0.5) is 11.4 Å². The van der Waals surface area contributed by atoms with Gasteiger partial charge in [-0.3, -0.25) is 9.67 Å². The molecule has 2 fully saturated rings. The summed E-state index contributed by atoms with van der Waals surface area (Å²) < 4.78 is 1.87. The van der Waals surface area contributed by atoms with Crippen LogP contribution in [0.3, 0.4) is 0 Å². The summed E-state index contributed by atoms with van der Waals surface area (Å²) >= 11 is 0. The molecule has 0 unspecified atom stereocenters. The van der Waals surface area contributed by atoms with Crippen molar-refractivity contribution >= 4 is 22.4 Å². The third-order valence-electron chi connectivity index (χ3n) is 6.99. The number of piperazine rings is 1. The summed E-state index contributed by atoms with van der Waals surface area (Å²) in [5.74, 6) is 1.03. The molecule has 0 spiro atoms. The predicted molar refractivity (Wildman–Crippen MR) is 126 cm³/mol. The molecule has 0 aliphatic carbocycles. The fourth-order valence-corrected chi connectivity index (χ4v) is 5.31. The summed E-state index contributed by atoms with van der Waals surface area (Å²) in [4.78, 5) is 14.6. The lowest BCUT2D eigenvalue weighted by Crippen LogP contribution is -2.43. The Labute approximate surface area is 184 Å². The molecule has 2 saturated heterocycles. The van der Waals surface area contributed by atoms with Gasteiger partial charge < -0.3 is 15.1 Å². The van der Waals surface area contributed by atoms with Crippen LogP contribution in [0.1, 0.15) is 36.2 Å². The molecule has 0 radical (unpaired) electrons. The third-order valence-corrected chi connectivity index (χ3v) is 6.99. The van der Waals surface area contributed by atoms with Crippen molar-refractivity contribution in [1.82, 2.24) is 25.1 Å². The monoisotopic (exact) mass is 419 g/mol. The standard InChI is InChI=1S/C24H33N7/c1-16-11-19(30-9-6-25-7-10-30)13-26-23(16)20-5-8-31(15-17(20)2)22-12-18(3)28-24-21(22)14-27-29(24)4/h11-14,17,20,25H,5-10,15H2,1-4H3/t17-,20-/m1/s1. The summed E-state index contributed by atoms with van der Waals surface area (Å²) in [6, 6.07) is 4.56. The normalized spacial score (nSPS) is 22.3. The number of pyridine rings is 2. The van der Waals surface area contributed by atoms with Gasteiger partial charge in [-0.1, -0.05) is 6.92 Å². The van der Waals surface area contributed by atoms with Crippen LogP contribution in [0, 0.1) is 19.8 Å². The van der Waals surface area contributed by atoms with Crippen LogP contribution in [0.5, 0.6) is 0 Å². The van der Waals surface area contributed by atoms with E-state index < -0.39 is 0 Å². The second-order valence-electron chi connectivity index (χ2n) is 9.24. The molecule has 7 heteroatoms. The van der Waals surface area contributed by atoms with Crippen LogP contribution >= 0.6 is 0 Å². The molecule has 0 aromatic carbocycles. The van der Waals surface area contributed by atoms with E-state index in [0.29, 0.717) is 11.8 Å². The summed E-state index contributed by atoms with van der Waals surface area (Å²) in [6.07, 6.45) is 5.16. The fourth-order valence-electron chi connectivity index (χ4n) is 5.31. The fraction of sp³-hybridized carbons (Fsp3) is 0.542. The minimum Gasteiger partial charge on any atom is -0.371 e. The summed E-state index contributed by atoms with van der Waals surface area (Å²) in [6.45, 7) is 13.0. The number of aryl methyl sites for hydroxylation is 3. The first-order valence-electron chi connectivity index (χ1n) is 11.5. The van der Waals surface area contributed by atoms with E-state index in [9.17, 15) is 0 Å². The number of anilines is 2.